The molecule has 0 fully saturated rings. The number of carbonyl (C=O) groups is 1. The van der Waals surface area contributed by atoms with Gasteiger partial charge in [0.1, 0.15) is 0 Å². The molecule has 6 nitrogen and oxygen atoms in total. The number of thiazole rings is 1. The molecule has 5 aromatic rings. The average Bonchev–Trinajstić information content (AvgIpc) is 3.38. The summed E-state index contributed by atoms with van der Waals surface area (Å²) in [6.07, 6.45) is 1.63. The summed E-state index contributed by atoms with van der Waals surface area (Å²) < 4.78 is 29.6. The zero-order chi connectivity index (χ0) is 27.0. The Morgan fingerprint density at radius 1 is 0.949 bits per heavy atom. The van der Waals surface area contributed by atoms with E-state index in [-0.39, 0.29) is 10.8 Å². The summed E-state index contributed by atoms with van der Waals surface area (Å²) in [5.41, 5.74) is 5.11. The second-order valence-corrected chi connectivity index (χ2v) is 12.5. The molecule has 0 aliphatic carbocycles. The quantitative estimate of drug-likeness (QED) is 0.238. The van der Waals surface area contributed by atoms with Crippen LogP contribution in [0.15, 0.2) is 102 Å². The highest BCUT2D eigenvalue weighted by Gasteiger charge is 2.29. The molecule has 8 heteroatoms. The lowest BCUT2D eigenvalue weighted by atomic mass is 10.0. The number of carbonyl (C=O) groups excluding carboxylic acids is 1. The van der Waals surface area contributed by atoms with E-state index < -0.39 is 10.0 Å². The summed E-state index contributed by atoms with van der Waals surface area (Å²) in [6, 6.07) is 29.7. The second kappa shape index (κ2) is 10.3. The van der Waals surface area contributed by atoms with Gasteiger partial charge in [-0.1, -0.05) is 65.9 Å². The molecule has 6 rings (SSSR count). The third kappa shape index (κ3) is 4.93. The van der Waals surface area contributed by atoms with Crippen molar-refractivity contribution in [2.45, 2.75) is 31.2 Å². The minimum absolute atomic E-state index is 0.167. The molecule has 0 saturated heterocycles. The van der Waals surface area contributed by atoms with Crippen molar-refractivity contribution in [3.05, 3.63) is 119 Å². The Morgan fingerprint density at radius 2 is 1.69 bits per heavy atom. The van der Waals surface area contributed by atoms with Gasteiger partial charge in [0.15, 0.2) is 5.13 Å². The molecule has 1 aliphatic heterocycles. The number of benzene rings is 4. The zero-order valence-corrected chi connectivity index (χ0v) is 23.1. The van der Waals surface area contributed by atoms with E-state index in [2.05, 4.69) is 6.07 Å². The molecule has 4 aromatic carbocycles. The second-order valence-electron chi connectivity index (χ2n) is 9.68. The summed E-state index contributed by atoms with van der Waals surface area (Å²) in [7, 11) is -3.76. The number of anilines is 2. The van der Waals surface area contributed by atoms with Crippen LogP contribution in [-0.2, 0) is 23.0 Å². The van der Waals surface area contributed by atoms with Gasteiger partial charge in [0.25, 0.3) is 15.9 Å². The highest BCUT2D eigenvalue weighted by molar-refractivity contribution is 7.92. The van der Waals surface area contributed by atoms with Crippen LogP contribution in [-0.4, -0.2) is 25.9 Å². The lowest BCUT2D eigenvalue weighted by Gasteiger charge is -2.30. The largest absolute Gasteiger partial charge is 0.279 e. The predicted octanol–water partition coefficient (Wildman–Crippen LogP) is 6.59. The van der Waals surface area contributed by atoms with Crippen LogP contribution in [0.2, 0.25) is 0 Å². The Morgan fingerprint density at radius 3 is 2.49 bits per heavy atom. The van der Waals surface area contributed by atoms with Crippen LogP contribution in [0.5, 0.6) is 0 Å². The molecule has 0 N–H and O–H groups in total. The van der Waals surface area contributed by atoms with Crippen LogP contribution >= 0.6 is 11.3 Å². The number of aryl methyl sites for hydroxylation is 2. The third-order valence-corrected chi connectivity index (χ3v) is 9.82. The molecule has 1 amide bonds. The number of sulfonamides is 1. The predicted molar refractivity (Wildman–Crippen MR) is 157 cm³/mol. The molecular formula is C31H27N3O3S2. The number of hydrogen-bond donors (Lipinski definition) is 0. The maximum atomic E-state index is 13.9. The molecule has 0 saturated carbocycles. The lowest BCUT2D eigenvalue weighted by Crippen LogP contribution is -2.35. The van der Waals surface area contributed by atoms with Crippen molar-refractivity contribution in [3.8, 4) is 0 Å². The molecule has 1 aromatic heterocycles. The van der Waals surface area contributed by atoms with E-state index in [0.717, 1.165) is 45.4 Å². The standard InChI is InChI=1S/C31H27N3O3S2/c1-22-13-18-27-29(20-22)38-31(32-27)33(21-23-8-3-2-4-9-23)30(35)25-14-16-26(17-15-25)39(36,37)34-19-7-11-24-10-5-6-12-28(24)34/h2-6,8-10,12-18,20H,7,11,19,21H2,1H3. The van der Waals surface area contributed by atoms with Crippen molar-refractivity contribution < 1.29 is 13.2 Å². The van der Waals surface area contributed by atoms with E-state index in [9.17, 15) is 13.2 Å². The van der Waals surface area contributed by atoms with E-state index in [1.54, 1.807) is 17.0 Å². The molecule has 0 atom stereocenters. The Bertz CT molecular complexity index is 1760. The van der Waals surface area contributed by atoms with Gasteiger partial charge in [-0.15, -0.1) is 0 Å². The fraction of sp³-hybridized carbons (Fsp3) is 0.161. The first kappa shape index (κ1) is 25.3. The minimum Gasteiger partial charge on any atom is -0.279 e. The van der Waals surface area contributed by atoms with Gasteiger partial charge in [-0.2, -0.15) is 0 Å². The average molecular weight is 554 g/mol. The number of para-hydroxylation sites is 1. The highest BCUT2D eigenvalue weighted by Crippen LogP contribution is 2.33. The highest BCUT2D eigenvalue weighted by atomic mass is 32.2. The number of nitrogens with zero attached hydrogens (tertiary/aromatic N) is 3. The fourth-order valence-corrected chi connectivity index (χ4v) is 7.53. The summed E-state index contributed by atoms with van der Waals surface area (Å²) in [5, 5.41) is 0.603. The molecule has 0 bridgehead atoms. The lowest BCUT2D eigenvalue weighted by molar-refractivity contribution is 0.0985. The van der Waals surface area contributed by atoms with Crippen LogP contribution in [0.3, 0.4) is 0 Å². The van der Waals surface area contributed by atoms with Gasteiger partial charge in [-0.3, -0.25) is 14.0 Å². The minimum atomic E-state index is -3.76. The van der Waals surface area contributed by atoms with E-state index in [1.165, 1.54) is 27.8 Å². The first-order chi connectivity index (χ1) is 18.9. The van der Waals surface area contributed by atoms with Crippen molar-refractivity contribution in [3.63, 3.8) is 0 Å². The first-order valence-electron chi connectivity index (χ1n) is 12.8. The SMILES string of the molecule is Cc1ccc2nc(N(Cc3ccccc3)C(=O)c3ccc(S(=O)(=O)N4CCCc5ccccc54)cc3)sc2c1. The van der Waals surface area contributed by atoms with E-state index >= 15 is 0 Å². The van der Waals surface area contributed by atoms with Gasteiger partial charge < -0.3 is 0 Å². The van der Waals surface area contributed by atoms with Gasteiger partial charge in [-0.25, -0.2) is 13.4 Å². The number of aromatic nitrogens is 1. The summed E-state index contributed by atoms with van der Waals surface area (Å²) in [5.74, 6) is -0.234. The molecule has 0 radical (unpaired) electrons. The zero-order valence-electron chi connectivity index (χ0n) is 21.4. The van der Waals surface area contributed by atoms with Gasteiger partial charge in [0, 0.05) is 12.1 Å². The maximum absolute atomic E-state index is 13.9. The van der Waals surface area contributed by atoms with Crippen molar-refractivity contribution >= 4 is 48.3 Å². The van der Waals surface area contributed by atoms with Gasteiger partial charge in [-0.05, 0) is 78.9 Å². The summed E-state index contributed by atoms with van der Waals surface area (Å²) >= 11 is 1.47. The maximum Gasteiger partial charge on any atom is 0.264 e. The molecule has 0 spiro atoms. The van der Waals surface area contributed by atoms with E-state index in [0.29, 0.717) is 23.8 Å². The normalized spacial score (nSPS) is 13.3. The molecule has 39 heavy (non-hydrogen) atoms. The van der Waals surface area contributed by atoms with E-state index in [4.69, 9.17) is 4.98 Å². The van der Waals surface area contributed by atoms with Crippen LogP contribution < -0.4 is 9.21 Å². The Hall–Kier alpha value is -4.01. The van der Waals surface area contributed by atoms with Crippen LogP contribution in [0, 0.1) is 6.92 Å². The van der Waals surface area contributed by atoms with Crippen molar-refractivity contribution in [2.75, 3.05) is 15.7 Å². The smallest absolute Gasteiger partial charge is 0.264 e. The first-order valence-corrected chi connectivity index (χ1v) is 15.1. The van der Waals surface area contributed by atoms with Crippen LogP contribution in [0.4, 0.5) is 10.8 Å². The van der Waals surface area contributed by atoms with Crippen molar-refractivity contribution in [1.82, 2.24) is 4.98 Å². The number of fused-ring (bicyclic) bond motifs is 2. The third-order valence-electron chi connectivity index (χ3n) is 6.95. The van der Waals surface area contributed by atoms with Gasteiger partial charge in [0.05, 0.1) is 27.3 Å². The summed E-state index contributed by atoms with van der Waals surface area (Å²) in [4.78, 5) is 20.4. The molecule has 2 heterocycles. The van der Waals surface area contributed by atoms with Gasteiger partial charge in [0.2, 0.25) is 0 Å². The molecule has 0 unspecified atom stereocenters. The Kier molecular flexibility index (Phi) is 6.66. The van der Waals surface area contributed by atoms with Gasteiger partial charge >= 0.3 is 0 Å². The summed E-state index contributed by atoms with van der Waals surface area (Å²) in [6.45, 7) is 2.81. The monoisotopic (exact) mass is 553 g/mol. The van der Waals surface area contributed by atoms with Crippen molar-refractivity contribution in [2.24, 2.45) is 0 Å². The Labute approximate surface area is 232 Å². The van der Waals surface area contributed by atoms with E-state index in [1.807, 2.05) is 73.7 Å². The number of amides is 1. The molecule has 1 aliphatic rings. The fourth-order valence-electron chi connectivity index (χ4n) is 4.93. The number of hydrogen-bond acceptors (Lipinski definition) is 5. The van der Waals surface area contributed by atoms with Crippen molar-refractivity contribution in [1.29, 1.82) is 0 Å². The molecule has 196 valence electrons. The topological polar surface area (TPSA) is 70.6 Å². The number of rotatable bonds is 6. The Balaban J connectivity index is 1.33. The van der Waals surface area contributed by atoms with Crippen LogP contribution in [0.25, 0.3) is 10.2 Å². The van der Waals surface area contributed by atoms with Crippen LogP contribution in [0.1, 0.15) is 33.5 Å². The molecular weight excluding hydrogens is 526 g/mol.